The summed E-state index contributed by atoms with van der Waals surface area (Å²) in [6, 6.07) is 13.2. The molecule has 232 valence electrons. The zero-order valence-corrected chi connectivity index (χ0v) is 25.8. The van der Waals surface area contributed by atoms with Crippen molar-refractivity contribution in [2.45, 2.75) is 26.0 Å². The molecule has 3 aromatic rings. The number of nitrogens with zero attached hydrogens (tertiary/aromatic N) is 3. The normalized spacial score (nSPS) is 16.6. The molecule has 3 atom stereocenters. The van der Waals surface area contributed by atoms with E-state index < -0.39 is 12.1 Å². The molecule has 0 saturated carbocycles. The molecule has 11 heteroatoms. The first-order chi connectivity index (χ1) is 21.2. The van der Waals surface area contributed by atoms with E-state index >= 15 is 0 Å². The standard InChI is InChI=1S/C33H38N4O7/c1-21-18-37(22(2)20-38)32(39)27-15-24(8-7-23-9-14-28(42-5)29(16-23)43-6)17-34-31(27)44-30(21)19-36(3)33(40)35-25-10-12-26(41-4)13-11-25/h9-17,21-22,30,38H,18-20H2,1-6H3,(H,35,40)/t21-,22+,30-/m0/s1. The number of aliphatic hydroxyl groups is 1. The number of anilines is 1. The molecule has 0 saturated heterocycles. The number of aromatic nitrogens is 1. The van der Waals surface area contributed by atoms with Crippen LogP contribution in [0.4, 0.5) is 10.5 Å². The largest absolute Gasteiger partial charge is 0.497 e. The van der Waals surface area contributed by atoms with Gasteiger partial charge in [0.2, 0.25) is 5.88 Å². The predicted octanol–water partition coefficient (Wildman–Crippen LogP) is 3.89. The maximum absolute atomic E-state index is 13.7. The Bertz CT molecular complexity index is 1530. The summed E-state index contributed by atoms with van der Waals surface area (Å²) in [6.45, 7) is 4.04. The minimum Gasteiger partial charge on any atom is -0.497 e. The summed E-state index contributed by atoms with van der Waals surface area (Å²) in [5.74, 6) is 7.59. The molecular formula is C33H38N4O7. The van der Waals surface area contributed by atoms with Gasteiger partial charge in [0.1, 0.15) is 17.4 Å². The third kappa shape index (κ3) is 7.51. The van der Waals surface area contributed by atoms with Gasteiger partial charge in [0.25, 0.3) is 5.91 Å². The molecule has 0 bridgehead atoms. The number of carbonyl (C=O) groups is 2. The summed E-state index contributed by atoms with van der Waals surface area (Å²) >= 11 is 0. The van der Waals surface area contributed by atoms with E-state index in [9.17, 15) is 14.7 Å². The number of nitrogens with one attached hydrogen (secondary N) is 1. The molecule has 0 fully saturated rings. The molecule has 1 aliphatic heterocycles. The molecule has 3 amide bonds. The lowest BCUT2D eigenvalue weighted by Gasteiger charge is -2.37. The summed E-state index contributed by atoms with van der Waals surface area (Å²) in [7, 11) is 6.37. The van der Waals surface area contributed by atoms with Crippen LogP contribution in [0.2, 0.25) is 0 Å². The molecule has 0 aliphatic carbocycles. The zero-order valence-electron chi connectivity index (χ0n) is 25.8. The minimum atomic E-state index is -0.502. The van der Waals surface area contributed by atoms with Gasteiger partial charge < -0.3 is 39.2 Å². The third-order valence-corrected chi connectivity index (χ3v) is 7.40. The van der Waals surface area contributed by atoms with Crippen molar-refractivity contribution >= 4 is 17.6 Å². The van der Waals surface area contributed by atoms with Crippen LogP contribution in [0.3, 0.4) is 0 Å². The zero-order chi connectivity index (χ0) is 31.8. The number of ether oxygens (including phenoxy) is 4. The second-order valence-corrected chi connectivity index (χ2v) is 10.6. The predicted molar refractivity (Wildman–Crippen MR) is 166 cm³/mol. The maximum Gasteiger partial charge on any atom is 0.321 e. The number of rotatable bonds is 8. The van der Waals surface area contributed by atoms with Gasteiger partial charge in [-0.25, -0.2) is 9.78 Å². The van der Waals surface area contributed by atoms with Crippen molar-refractivity contribution in [2.75, 3.05) is 53.4 Å². The van der Waals surface area contributed by atoms with Gasteiger partial charge in [0.05, 0.1) is 40.5 Å². The van der Waals surface area contributed by atoms with Gasteiger partial charge in [-0.15, -0.1) is 0 Å². The highest BCUT2D eigenvalue weighted by atomic mass is 16.5. The quantitative estimate of drug-likeness (QED) is 0.373. The summed E-state index contributed by atoms with van der Waals surface area (Å²) in [5, 5.41) is 12.8. The summed E-state index contributed by atoms with van der Waals surface area (Å²) in [4.78, 5) is 34.4. The number of hydrogen-bond donors (Lipinski definition) is 2. The van der Waals surface area contributed by atoms with Crippen LogP contribution in [0.5, 0.6) is 23.1 Å². The summed E-state index contributed by atoms with van der Waals surface area (Å²) in [6.07, 6.45) is 1.04. The van der Waals surface area contributed by atoms with E-state index in [-0.39, 0.29) is 42.5 Å². The first kappa shape index (κ1) is 32.0. The molecule has 0 spiro atoms. The van der Waals surface area contributed by atoms with Gasteiger partial charge in [-0.05, 0) is 55.5 Å². The van der Waals surface area contributed by atoms with E-state index in [1.54, 1.807) is 88.9 Å². The van der Waals surface area contributed by atoms with Gasteiger partial charge in [0, 0.05) is 42.5 Å². The van der Waals surface area contributed by atoms with Crippen LogP contribution in [-0.2, 0) is 0 Å². The second kappa shape index (κ2) is 14.5. The van der Waals surface area contributed by atoms with Crippen molar-refractivity contribution in [3.8, 4) is 35.0 Å². The van der Waals surface area contributed by atoms with Crippen molar-refractivity contribution in [1.29, 1.82) is 0 Å². The number of hydrogen-bond acceptors (Lipinski definition) is 8. The lowest BCUT2D eigenvalue weighted by Crippen LogP contribution is -2.50. The molecule has 1 aliphatic rings. The summed E-state index contributed by atoms with van der Waals surface area (Å²) in [5.41, 5.74) is 2.05. The number of carbonyl (C=O) groups excluding carboxylic acids is 2. The monoisotopic (exact) mass is 602 g/mol. The van der Waals surface area contributed by atoms with Gasteiger partial charge in [-0.3, -0.25) is 4.79 Å². The Labute approximate surface area is 257 Å². The van der Waals surface area contributed by atoms with E-state index in [1.165, 1.54) is 4.90 Å². The van der Waals surface area contributed by atoms with Crippen molar-refractivity contribution in [1.82, 2.24) is 14.8 Å². The van der Waals surface area contributed by atoms with E-state index in [0.717, 1.165) is 0 Å². The van der Waals surface area contributed by atoms with E-state index in [4.69, 9.17) is 18.9 Å². The third-order valence-electron chi connectivity index (χ3n) is 7.40. The van der Waals surface area contributed by atoms with Gasteiger partial charge in [-0.1, -0.05) is 18.8 Å². The molecule has 11 nitrogen and oxygen atoms in total. The minimum absolute atomic E-state index is 0.141. The van der Waals surface area contributed by atoms with Crippen LogP contribution in [0.15, 0.2) is 54.7 Å². The first-order valence-electron chi connectivity index (χ1n) is 14.2. The molecule has 0 radical (unpaired) electrons. The maximum atomic E-state index is 13.7. The lowest BCUT2D eigenvalue weighted by atomic mass is 10.00. The Kier molecular flexibility index (Phi) is 10.5. The van der Waals surface area contributed by atoms with Crippen molar-refractivity contribution in [3.63, 3.8) is 0 Å². The Morgan fingerprint density at radius 1 is 1.09 bits per heavy atom. The number of benzene rings is 2. The van der Waals surface area contributed by atoms with Crippen molar-refractivity contribution in [3.05, 3.63) is 71.4 Å². The molecule has 2 aromatic carbocycles. The number of urea groups is 1. The van der Waals surface area contributed by atoms with Gasteiger partial charge in [-0.2, -0.15) is 0 Å². The number of pyridine rings is 1. The van der Waals surface area contributed by atoms with Crippen LogP contribution in [-0.4, -0.2) is 92.0 Å². The van der Waals surface area contributed by atoms with E-state index in [0.29, 0.717) is 40.6 Å². The average Bonchev–Trinajstić information content (AvgIpc) is 3.05. The van der Waals surface area contributed by atoms with Crippen LogP contribution >= 0.6 is 0 Å². The molecule has 4 rings (SSSR count). The van der Waals surface area contributed by atoms with Gasteiger partial charge >= 0.3 is 6.03 Å². The number of likely N-dealkylation sites (N-methyl/N-ethyl adjacent to an activating group) is 1. The topological polar surface area (TPSA) is 123 Å². The highest BCUT2D eigenvalue weighted by Gasteiger charge is 2.34. The molecule has 44 heavy (non-hydrogen) atoms. The Morgan fingerprint density at radius 2 is 1.80 bits per heavy atom. The SMILES string of the molecule is COc1ccc(NC(=O)N(C)C[C@@H]2Oc3ncc(C#Cc4ccc(OC)c(OC)c4)cc3C(=O)N([C@H](C)CO)C[C@@H]2C)cc1. The lowest BCUT2D eigenvalue weighted by molar-refractivity contribution is 0.0356. The van der Waals surface area contributed by atoms with Gasteiger partial charge in [0.15, 0.2) is 11.5 Å². The second-order valence-electron chi connectivity index (χ2n) is 10.6. The highest BCUT2D eigenvalue weighted by molar-refractivity contribution is 5.97. The molecule has 1 aromatic heterocycles. The average molecular weight is 603 g/mol. The number of fused-ring (bicyclic) bond motifs is 1. The number of methoxy groups -OCH3 is 3. The number of amides is 3. The molecule has 0 unspecified atom stereocenters. The highest BCUT2D eigenvalue weighted by Crippen LogP contribution is 2.29. The van der Waals surface area contributed by atoms with E-state index in [1.807, 2.05) is 13.0 Å². The fourth-order valence-electron chi connectivity index (χ4n) is 4.69. The van der Waals surface area contributed by atoms with E-state index in [2.05, 4.69) is 22.1 Å². The smallest absolute Gasteiger partial charge is 0.321 e. The molecular weight excluding hydrogens is 564 g/mol. The Balaban J connectivity index is 1.59. The van der Waals surface area contributed by atoms with Crippen LogP contribution < -0.4 is 24.3 Å². The van der Waals surface area contributed by atoms with Crippen LogP contribution in [0, 0.1) is 17.8 Å². The first-order valence-corrected chi connectivity index (χ1v) is 14.2. The van der Waals surface area contributed by atoms with Crippen molar-refractivity contribution in [2.24, 2.45) is 5.92 Å². The fourth-order valence-corrected chi connectivity index (χ4v) is 4.69. The van der Waals surface area contributed by atoms with Crippen LogP contribution in [0.25, 0.3) is 0 Å². The summed E-state index contributed by atoms with van der Waals surface area (Å²) < 4.78 is 22.1. The Morgan fingerprint density at radius 3 is 2.45 bits per heavy atom. The molecule has 2 heterocycles. The Hall–Kier alpha value is -4.95. The molecule has 2 N–H and O–H groups in total. The number of aliphatic hydroxyl groups excluding tert-OH is 1. The van der Waals surface area contributed by atoms with Crippen molar-refractivity contribution < 1.29 is 33.6 Å². The fraction of sp³-hybridized carbons (Fsp3) is 0.364. The van der Waals surface area contributed by atoms with Crippen LogP contribution in [0.1, 0.15) is 35.3 Å².